The first-order valence-electron chi connectivity index (χ1n) is 9.83. The molecule has 0 saturated carbocycles. The van der Waals surface area contributed by atoms with Crippen molar-refractivity contribution in [3.05, 3.63) is 65.0 Å². The van der Waals surface area contributed by atoms with E-state index in [1.807, 2.05) is 6.07 Å². The number of halogens is 1. The van der Waals surface area contributed by atoms with Crippen LogP contribution in [0, 0.1) is 5.82 Å². The van der Waals surface area contributed by atoms with Gasteiger partial charge in [0.2, 0.25) is 0 Å². The maximum atomic E-state index is 13.7. The van der Waals surface area contributed by atoms with E-state index in [2.05, 4.69) is 55.3 Å². The van der Waals surface area contributed by atoms with Gasteiger partial charge in [0.1, 0.15) is 5.82 Å². The first-order valence-corrected chi connectivity index (χ1v) is 9.83. The van der Waals surface area contributed by atoms with Crippen LogP contribution < -0.4 is 10.3 Å². The number of carbonyl (C=O) groups is 1. The van der Waals surface area contributed by atoms with Crippen LogP contribution in [0.1, 0.15) is 67.9 Å². The molecule has 1 aliphatic rings. The molecule has 3 rings (SSSR count). The van der Waals surface area contributed by atoms with Gasteiger partial charge in [0.05, 0.1) is 11.8 Å². The number of nitrogens with one attached hydrogen (secondary N) is 1. The van der Waals surface area contributed by atoms with Gasteiger partial charge in [-0.05, 0) is 68.0 Å². The third-order valence-electron chi connectivity index (χ3n) is 5.36. The maximum Gasteiger partial charge on any atom is 0.274 e. The number of hydrogen-bond acceptors (Lipinski definition) is 3. The van der Waals surface area contributed by atoms with Crippen molar-refractivity contribution in [1.82, 2.24) is 5.43 Å². The fourth-order valence-corrected chi connectivity index (χ4v) is 4.11. The van der Waals surface area contributed by atoms with Crippen molar-refractivity contribution in [1.29, 1.82) is 0 Å². The van der Waals surface area contributed by atoms with Gasteiger partial charge >= 0.3 is 0 Å². The molecule has 0 aromatic heterocycles. The Hall–Kier alpha value is -2.69. The molecule has 4 nitrogen and oxygen atoms in total. The quantitative estimate of drug-likeness (QED) is 0.579. The van der Waals surface area contributed by atoms with Crippen LogP contribution in [0.15, 0.2) is 47.6 Å². The zero-order chi connectivity index (χ0) is 20.3. The Labute approximate surface area is 166 Å². The molecule has 0 aliphatic carbocycles. The van der Waals surface area contributed by atoms with Crippen molar-refractivity contribution in [3.63, 3.8) is 0 Å². The van der Waals surface area contributed by atoms with Gasteiger partial charge in [-0.15, -0.1) is 0 Å². The molecule has 28 heavy (non-hydrogen) atoms. The van der Waals surface area contributed by atoms with Crippen molar-refractivity contribution in [2.45, 2.75) is 52.0 Å². The molecule has 5 heteroatoms. The van der Waals surface area contributed by atoms with E-state index in [0.717, 1.165) is 24.9 Å². The third-order valence-corrected chi connectivity index (χ3v) is 5.36. The van der Waals surface area contributed by atoms with Gasteiger partial charge in [-0.2, -0.15) is 5.10 Å². The van der Waals surface area contributed by atoms with Gasteiger partial charge in [0, 0.05) is 17.8 Å². The number of hydrogen-bond donors (Lipinski definition) is 1. The average molecular weight is 381 g/mol. The topological polar surface area (TPSA) is 44.7 Å². The highest BCUT2D eigenvalue weighted by atomic mass is 19.1. The van der Waals surface area contributed by atoms with E-state index in [1.54, 1.807) is 18.3 Å². The highest BCUT2D eigenvalue weighted by Gasteiger charge is 2.35. The number of amides is 1. The third kappa shape index (κ3) is 4.08. The minimum Gasteiger partial charge on any atom is -0.366 e. The van der Waals surface area contributed by atoms with Crippen LogP contribution in [0.2, 0.25) is 0 Å². The summed E-state index contributed by atoms with van der Waals surface area (Å²) in [5.41, 5.74) is 6.01. The van der Waals surface area contributed by atoms with Crippen molar-refractivity contribution >= 4 is 17.8 Å². The van der Waals surface area contributed by atoms with Gasteiger partial charge < -0.3 is 4.90 Å². The fourth-order valence-electron chi connectivity index (χ4n) is 4.11. The minimum atomic E-state index is -0.559. The van der Waals surface area contributed by atoms with Crippen LogP contribution in [-0.4, -0.2) is 24.2 Å². The summed E-state index contributed by atoms with van der Waals surface area (Å²) in [7, 11) is 0. The summed E-state index contributed by atoms with van der Waals surface area (Å²) in [6, 6.07) is 12.1. The van der Waals surface area contributed by atoms with Crippen LogP contribution in [-0.2, 0) is 0 Å². The SMILES string of the molecule is CCCN1c2ccc(/C=N\NC(=O)c3ccccc3F)cc2C(C)CC1(C)C. The van der Waals surface area contributed by atoms with Gasteiger partial charge in [0.15, 0.2) is 0 Å². The van der Waals surface area contributed by atoms with Crippen LogP contribution in [0.3, 0.4) is 0 Å². The molecule has 0 bridgehead atoms. The largest absolute Gasteiger partial charge is 0.366 e. The smallest absolute Gasteiger partial charge is 0.274 e. The second-order valence-electron chi connectivity index (χ2n) is 8.07. The van der Waals surface area contributed by atoms with Crippen molar-refractivity contribution in [2.75, 3.05) is 11.4 Å². The molecule has 0 radical (unpaired) electrons. The molecule has 0 fully saturated rings. The molecular weight excluding hydrogens is 353 g/mol. The molecule has 1 aliphatic heterocycles. The molecule has 0 spiro atoms. The van der Waals surface area contributed by atoms with Crippen LogP contribution in [0.5, 0.6) is 0 Å². The molecule has 148 valence electrons. The lowest BCUT2D eigenvalue weighted by Crippen LogP contribution is -2.48. The summed E-state index contributed by atoms with van der Waals surface area (Å²) in [6.07, 6.45) is 3.79. The number of carbonyl (C=O) groups excluding carboxylic acids is 1. The molecule has 2 aromatic rings. The van der Waals surface area contributed by atoms with Gasteiger partial charge in [0.25, 0.3) is 5.91 Å². The number of nitrogens with zero attached hydrogens (tertiary/aromatic N) is 2. The summed E-state index contributed by atoms with van der Waals surface area (Å²) in [4.78, 5) is 14.5. The standard InChI is InChI=1S/C23H28FN3O/c1-5-12-27-21-11-10-17(13-19(21)16(2)14-23(27,3)4)15-25-26-22(28)18-8-6-7-9-20(18)24/h6-11,13,15-16H,5,12,14H2,1-4H3,(H,26,28)/b25-15-. The molecule has 0 saturated heterocycles. The number of anilines is 1. The zero-order valence-corrected chi connectivity index (χ0v) is 17.0. The second kappa shape index (κ2) is 8.13. The lowest BCUT2D eigenvalue weighted by Gasteiger charge is -2.47. The normalized spacial score (nSPS) is 18.2. The summed E-state index contributed by atoms with van der Waals surface area (Å²) in [5.74, 6) is -0.674. The number of rotatable bonds is 5. The number of benzene rings is 2. The molecular formula is C23H28FN3O. The van der Waals surface area contributed by atoms with E-state index >= 15 is 0 Å². The monoisotopic (exact) mass is 381 g/mol. The first-order chi connectivity index (χ1) is 13.3. The van der Waals surface area contributed by atoms with Crippen molar-refractivity contribution < 1.29 is 9.18 Å². The van der Waals surface area contributed by atoms with E-state index in [4.69, 9.17) is 0 Å². The Bertz CT molecular complexity index is 891. The fraction of sp³-hybridized carbons (Fsp3) is 0.391. The van der Waals surface area contributed by atoms with Crippen LogP contribution >= 0.6 is 0 Å². The minimum absolute atomic E-state index is 0.0175. The lowest BCUT2D eigenvalue weighted by molar-refractivity contribution is 0.0951. The predicted molar refractivity (Wildman–Crippen MR) is 113 cm³/mol. The highest BCUT2D eigenvalue weighted by molar-refractivity contribution is 5.95. The van der Waals surface area contributed by atoms with Gasteiger partial charge in [-0.25, -0.2) is 9.82 Å². The Kier molecular flexibility index (Phi) is 5.82. The molecule has 1 unspecified atom stereocenters. The van der Waals surface area contributed by atoms with Crippen LogP contribution in [0.4, 0.5) is 10.1 Å². The molecule has 1 N–H and O–H groups in total. The van der Waals surface area contributed by atoms with Gasteiger partial charge in [-0.3, -0.25) is 4.79 Å². The second-order valence-corrected chi connectivity index (χ2v) is 8.07. The van der Waals surface area contributed by atoms with E-state index in [9.17, 15) is 9.18 Å². The van der Waals surface area contributed by atoms with Gasteiger partial charge in [-0.1, -0.05) is 32.0 Å². The summed E-state index contributed by atoms with van der Waals surface area (Å²) < 4.78 is 13.7. The van der Waals surface area contributed by atoms with E-state index in [1.165, 1.54) is 23.4 Å². The molecule has 1 heterocycles. The number of fused-ring (bicyclic) bond motifs is 1. The van der Waals surface area contributed by atoms with Crippen LogP contribution in [0.25, 0.3) is 0 Å². The maximum absolute atomic E-state index is 13.7. The lowest BCUT2D eigenvalue weighted by atomic mass is 9.79. The Balaban J connectivity index is 1.78. The van der Waals surface area contributed by atoms with E-state index < -0.39 is 11.7 Å². The highest BCUT2D eigenvalue weighted by Crippen LogP contribution is 2.43. The Morgan fingerprint density at radius 2 is 2.07 bits per heavy atom. The predicted octanol–water partition coefficient (Wildman–Crippen LogP) is 5.09. The summed E-state index contributed by atoms with van der Waals surface area (Å²) in [6.45, 7) is 10.1. The molecule has 2 aromatic carbocycles. The zero-order valence-electron chi connectivity index (χ0n) is 17.0. The van der Waals surface area contributed by atoms with E-state index in [-0.39, 0.29) is 11.1 Å². The first kappa shape index (κ1) is 20.1. The molecule has 1 atom stereocenters. The van der Waals surface area contributed by atoms with Crippen molar-refractivity contribution in [3.8, 4) is 0 Å². The van der Waals surface area contributed by atoms with E-state index in [0.29, 0.717) is 5.92 Å². The number of hydrazone groups is 1. The molecule has 1 amide bonds. The summed E-state index contributed by atoms with van der Waals surface area (Å²) in [5, 5.41) is 4.01. The summed E-state index contributed by atoms with van der Waals surface area (Å²) >= 11 is 0. The Morgan fingerprint density at radius 1 is 1.32 bits per heavy atom. The van der Waals surface area contributed by atoms with Crippen molar-refractivity contribution in [2.24, 2.45) is 5.10 Å². The Morgan fingerprint density at radius 3 is 2.79 bits per heavy atom. The average Bonchev–Trinajstić information content (AvgIpc) is 2.65.